The molecule has 162 valence electrons. The lowest BCUT2D eigenvalue weighted by Crippen LogP contribution is -2.59. The number of rotatable bonds is 4. The van der Waals surface area contributed by atoms with Crippen LogP contribution in [0.2, 0.25) is 0 Å². The number of anilines is 1. The van der Waals surface area contributed by atoms with Crippen LogP contribution in [0, 0.1) is 5.41 Å². The van der Waals surface area contributed by atoms with Gasteiger partial charge in [-0.05, 0) is 40.7 Å². The van der Waals surface area contributed by atoms with E-state index in [1.807, 2.05) is 0 Å². The topological polar surface area (TPSA) is 81.6 Å². The molecule has 3 heterocycles. The second-order valence-corrected chi connectivity index (χ2v) is 8.53. The Morgan fingerprint density at radius 3 is 2.39 bits per heavy atom. The molecule has 0 atom stereocenters. The quantitative estimate of drug-likeness (QED) is 0.479. The molecule has 3 aromatic rings. The highest BCUT2D eigenvalue weighted by Gasteiger charge is 2.44. The summed E-state index contributed by atoms with van der Waals surface area (Å²) in [6, 6.07) is 15.3. The normalized spacial score (nSPS) is 17.8. The van der Waals surface area contributed by atoms with Gasteiger partial charge in [-0.1, -0.05) is 36.4 Å². The number of piperidine rings is 1. The number of fused-ring (bicyclic) bond motifs is 1. The number of hydrogen-bond donors (Lipinski definition) is 2. The van der Waals surface area contributed by atoms with Crippen molar-refractivity contribution in [3.05, 3.63) is 66.0 Å². The van der Waals surface area contributed by atoms with Crippen LogP contribution in [0.3, 0.4) is 0 Å². The van der Waals surface area contributed by atoms with Crippen LogP contribution in [-0.2, 0) is 6.54 Å². The fourth-order valence-electron chi connectivity index (χ4n) is 4.77. The first kappa shape index (κ1) is 21.5. The van der Waals surface area contributed by atoms with E-state index in [1.54, 1.807) is 5.48 Å². The van der Waals surface area contributed by atoms with E-state index in [0.29, 0.717) is 11.4 Å². The molecular weight excluding hydrogens is 414 g/mol. The molecule has 0 radical (unpaired) electrons. The van der Waals surface area contributed by atoms with Gasteiger partial charge in [0.2, 0.25) is 5.95 Å². The molecule has 2 saturated heterocycles. The third-order valence-corrected chi connectivity index (χ3v) is 6.45. The van der Waals surface area contributed by atoms with Crippen molar-refractivity contribution in [1.82, 2.24) is 20.3 Å². The molecule has 31 heavy (non-hydrogen) atoms. The van der Waals surface area contributed by atoms with Crippen molar-refractivity contribution < 1.29 is 10.0 Å². The average Bonchev–Trinajstić information content (AvgIpc) is 2.78. The Balaban J connectivity index is 0.00000231. The highest BCUT2D eigenvalue weighted by molar-refractivity contribution is 5.92. The fourth-order valence-corrected chi connectivity index (χ4v) is 4.77. The molecule has 0 saturated carbocycles. The van der Waals surface area contributed by atoms with Crippen molar-refractivity contribution >= 4 is 35.0 Å². The molecule has 7 nitrogen and oxygen atoms in total. The summed E-state index contributed by atoms with van der Waals surface area (Å²) in [6.45, 7) is 5.15. The summed E-state index contributed by atoms with van der Waals surface area (Å²) in [5, 5.41) is 11.3. The van der Waals surface area contributed by atoms with Gasteiger partial charge in [-0.15, -0.1) is 12.4 Å². The predicted molar refractivity (Wildman–Crippen MR) is 122 cm³/mol. The molecule has 1 amide bonds. The summed E-state index contributed by atoms with van der Waals surface area (Å²) >= 11 is 0. The number of carbonyl (C=O) groups is 1. The van der Waals surface area contributed by atoms with E-state index in [0.717, 1.165) is 45.6 Å². The highest BCUT2D eigenvalue weighted by Crippen LogP contribution is 2.41. The molecule has 2 aliphatic rings. The molecule has 0 bridgehead atoms. The number of carbonyl (C=O) groups excluding carboxylic acids is 1. The third kappa shape index (κ3) is 4.35. The molecule has 2 aromatic carbocycles. The average molecular weight is 440 g/mol. The Morgan fingerprint density at radius 1 is 1.03 bits per heavy atom. The molecule has 5 rings (SSSR count). The van der Waals surface area contributed by atoms with Gasteiger partial charge >= 0.3 is 0 Å². The van der Waals surface area contributed by atoms with Crippen LogP contribution >= 0.6 is 12.4 Å². The summed E-state index contributed by atoms with van der Waals surface area (Å²) in [6.07, 6.45) is 5.16. The van der Waals surface area contributed by atoms with Gasteiger partial charge in [-0.3, -0.25) is 14.9 Å². The first-order valence-electron chi connectivity index (χ1n) is 10.4. The number of hydroxylamine groups is 1. The molecule has 2 aliphatic heterocycles. The Labute approximate surface area is 187 Å². The second-order valence-electron chi connectivity index (χ2n) is 8.53. The first-order chi connectivity index (χ1) is 14.6. The largest absolute Gasteiger partial charge is 0.341 e. The lowest BCUT2D eigenvalue weighted by molar-refractivity contribution is -0.0241. The van der Waals surface area contributed by atoms with Gasteiger partial charge in [-0.25, -0.2) is 15.4 Å². The van der Waals surface area contributed by atoms with Gasteiger partial charge < -0.3 is 4.90 Å². The number of amides is 1. The summed E-state index contributed by atoms with van der Waals surface area (Å²) in [4.78, 5) is 24.7. The van der Waals surface area contributed by atoms with Gasteiger partial charge in [-0.2, -0.15) is 0 Å². The molecule has 1 spiro atoms. The fraction of sp³-hybridized carbons (Fsp3) is 0.348. The summed E-state index contributed by atoms with van der Waals surface area (Å²) < 4.78 is 0. The first-order valence-corrected chi connectivity index (χ1v) is 10.4. The maximum Gasteiger partial charge on any atom is 0.277 e. The zero-order valence-electron chi connectivity index (χ0n) is 17.2. The van der Waals surface area contributed by atoms with E-state index in [4.69, 9.17) is 5.21 Å². The molecule has 2 N–H and O–H groups in total. The minimum atomic E-state index is -0.597. The molecule has 8 heteroatoms. The molecule has 2 fully saturated rings. The number of hydrogen-bond acceptors (Lipinski definition) is 6. The van der Waals surface area contributed by atoms with Gasteiger partial charge in [0.05, 0.1) is 5.56 Å². The highest BCUT2D eigenvalue weighted by atomic mass is 35.5. The van der Waals surface area contributed by atoms with Crippen LogP contribution in [0.25, 0.3) is 10.8 Å². The second kappa shape index (κ2) is 8.78. The van der Waals surface area contributed by atoms with Crippen LogP contribution in [0.1, 0.15) is 28.8 Å². The van der Waals surface area contributed by atoms with Gasteiger partial charge in [0.15, 0.2) is 0 Å². The Hall–Kier alpha value is -2.74. The number of nitrogens with zero attached hydrogens (tertiary/aromatic N) is 4. The van der Waals surface area contributed by atoms with Crippen molar-refractivity contribution in [3.8, 4) is 0 Å². The van der Waals surface area contributed by atoms with E-state index in [1.165, 1.54) is 28.7 Å². The Morgan fingerprint density at radius 2 is 1.71 bits per heavy atom. The zero-order chi connectivity index (χ0) is 20.6. The molecule has 0 unspecified atom stereocenters. The van der Waals surface area contributed by atoms with Gasteiger partial charge in [0.1, 0.15) is 0 Å². The van der Waals surface area contributed by atoms with Crippen molar-refractivity contribution in [2.75, 3.05) is 31.1 Å². The number of benzene rings is 2. The summed E-state index contributed by atoms with van der Waals surface area (Å²) in [5.74, 6) is 0.0480. The SMILES string of the molecule is Cl.O=C(NO)c1cnc(N2CCC3(CC2)CN(Cc2ccc4ccccc4c2)C3)nc1. The lowest BCUT2D eigenvalue weighted by Gasteiger charge is -2.54. The molecule has 1 aromatic heterocycles. The minimum Gasteiger partial charge on any atom is -0.341 e. The van der Waals surface area contributed by atoms with Crippen LogP contribution in [0.15, 0.2) is 54.9 Å². The predicted octanol–water partition coefficient (Wildman–Crippen LogP) is 3.27. The van der Waals surface area contributed by atoms with E-state index in [9.17, 15) is 4.79 Å². The molecular formula is C23H26ClN5O2. The van der Waals surface area contributed by atoms with Crippen molar-refractivity contribution in [2.24, 2.45) is 5.41 Å². The maximum absolute atomic E-state index is 11.4. The van der Waals surface area contributed by atoms with E-state index >= 15 is 0 Å². The third-order valence-electron chi connectivity index (χ3n) is 6.45. The van der Waals surface area contributed by atoms with Crippen LogP contribution in [-0.4, -0.2) is 52.2 Å². The lowest BCUT2D eigenvalue weighted by atomic mass is 9.72. The van der Waals surface area contributed by atoms with Gasteiger partial charge in [0.25, 0.3) is 5.91 Å². The van der Waals surface area contributed by atoms with Crippen LogP contribution in [0.4, 0.5) is 5.95 Å². The summed E-state index contributed by atoms with van der Waals surface area (Å²) in [7, 11) is 0. The van der Waals surface area contributed by atoms with Crippen molar-refractivity contribution in [2.45, 2.75) is 19.4 Å². The van der Waals surface area contributed by atoms with E-state index < -0.39 is 5.91 Å². The van der Waals surface area contributed by atoms with E-state index in [-0.39, 0.29) is 18.0 Å². The Bertz CT molecular complexity index is 1060. The van der Waals surface area contributed by atoms with Crippen LogP contribution in [0.5, 0.6) is 0 Å². The zero-order valence-corrected chi connectivity index (χ0v) is 18.0. The summed E-state index contributed by atoms with van der Waals surface area (Å²) in [5.41, 5.74) is 3.63. The van der Waals surface area contributed by atoms with E-state index in [2.05, 4.69) is 62.2 Å². The van der Waals surface area contributed by atoms with Crippen molar-refractivity contribution in [1.29, 1.82) is 0 Å². The standard InChI is InChI=1S/C23H25N5O2.ClH/c29-21(26-30)20-12-24-22(25-13-20)28-9-7-23(8-10-28)15-27(16-23)14-17-5-6-18-3-1-2-4-19(18)11-17;/h1-6,11-13,30H,7-10,14-16H2,(H,26,29);1H. The number of likely N-dealkylation sites (tertiary alicyclic amines) is 1. The monoisotopic (exact) mass is 439 g/mol. The number of halogens is 1. The minimum absolute atomic E-state index is 0. The van der Waals surface area contributed by atoms with Gasteiger partial charge in [0, 0.05) is 45.1 Å². The smallest absolute Gasteiger partial charge is 0.277 e. The molecule has 0 aliphatic carbocycles. The maximum atomic E-state index is 11.4. The number of nitrogens with one attached hydrogen (secondary N) is 1. The van der Waals surface area contributed by atoms with Crippen LogP contribution < -0.4 is 10.4 Å². The van der Waals surface area contributed by atoms with Crippen molar-refractivity contribution in [3.63, 3.8) is 0 Å². The number of aromatic nitrogens is 2. The Kier molecular flexibility index (Phi) is 6.09.